The molecule has 0 amide bonds. The molecular weight excluding hydrogens is 318 g/mol. The molecule has 0 atom stereocenters. The molecule has 0 radical (unpaired) electrons. The largest absolute Gasteiger partial charge is 0.493 e. The maximum Gasteiger partial charge on any atom is 0.196 e. The fourth-order valence-electron chi connectivity index (χ4n) is 2.86. The fourth-order valence-corrected chi connectivity index (χ4v) is 2.86. The molecule has 0 aliphatic carbocycles. The first-order chi connectivity index (χ1) is 12.2. The zero-order valence-electron chi connectivity index (χ0n) is 14.2. The average Bonchev–Trinajstić information content (AvgIpc) is 3.03. The molecule has 6 nitrogen and oxygen atoms in total. The van der Waals surface area contributed by atoms with Gasteiger partial charge in [-0.1, -0.05) is 12.1 Å². The summed E-state index contributed by atoms with van der Waals surface area (Å²) in [6.45, 7) is 1.99. The van der Waals surface area contributed by atoms with Gasteiger partial charge in [0.05, 0.1) is 14.2 Å². The van der Waals surface area contributed by atoms with Gasteiger partial charge in [0.1, 0.15) is 17.4 Å². The van der Waals surface area contributed by atoms with E-state index in [1.807, 2.05) is 43.3 Å². The third kappa shape index (κ3) is 2.52. The van der Waals surface area contributed by atoms with Crippen molar-refractivity contribution in [3.05, 3.63) is 48.3 Å². The normalized spacial score (nSPS) is 11.0. The lowest BCUT2D eigenvalue weighted by molar-refractivity contribution is 0.355. The molecule has 4 aromatic rings. The zero-order valence-corrected chi connectivity index (χ0v) is 14.2. The first kappa shape index (κ1) is 15.3. The van der Waals surface area contributed by atoms with E-state index in [9.17, 15) is 0 Å². The molecule has 0 bridgehead atoms. The van der Waals surface area contributed by atoms with Gasteiger partial charge in [-0.3, -0.25) is 0 Å². The molecule has 126 valence electrons. The van der Waals surface area contributed by atoms with Gasteiger partial charge in [-0.05, 0) is 30.7 Å². The lowest BCUT2D eigenvalue weighted by Crippen LogP contribution is -1.99. The second-order valence-corrected chi connectivity index (χ2v) is 5.65. The topological polar surface area (TPSA) is 69.4 Å². The number of methoxy groups -OCH3 is 2. The molecule has 1 N–H and O–H groups in total. The molecule has 2 heterocycles. The van der Waals surface area contributed by atoms with Crippen molar-refractivity contribution >= 4 is 33.6 Å². The van der Waals surface area contributed by atoms with Gasteiger partial charge < -0.3 is 19.2 Å². The van der Waals surface area contributed by atoms with E-state index in [0.29, 0.717) is 22.9 Å². The van der Waals surface area contributed by atoms with Crippen LogP contribution in [0.3, 0.4) is 0 Å². The van der Waals surface area contributed by atoms with Crippen LogP contribution in [0.25, 0.3) is 22.1 Å². The van der Waals surface area contributed by atoms with Crippen molar-refractivity contribution in [2.75, 3.05) is 19.5 Å². The Morgan fingerprint density at radius 1 is 1.00 bits per heavy atom. The summed E-state index contributed by atoms with van der Waals surface area (Å²) in [5.41, 5.74) is 4.05. The lowest BCUT2D eigenvalue weighted by atomic mass is 10.1. The summed E-state index contributed by atoms with van der Waals surface area (Å²) in [6.07, 6.45) is 1.53. The maximum atomic E-state index is 5.95. The second-order valence-electron chi connectivity index (χ2n) is 5.65. The summed E-state index contributed by atoms with van der Waals surface area (Å²) >= 11 is 0. The minimum Gasteiger partial charge on any atom is -0.493 e. The Kier molecular flexibility index (Phi) is 3.65. The standard InChI is InChI=1S/C19H17N3O3/c1-11-8-15(23-2)16(24-3)9-13(11)22-19-18-17(20-10-21-19)12-6-4-5-7-14(12)25-18/h4-10H,1-3H3,(H,20,21,22). The highest BCUT2D eigenvalue weighted by molar-refractivity contribution is 6.05. The third-order valence-corrected chi connectivity index (χ3v) is 4.14. The Balaban J connectivity index is 1.84. The number of nitrogens with zero attached hydrogens (tertiary/aromatic N) is 2. The van der Waals surface area contributed by atoms with Crippen molar-refractivity contribution in [1.82, 2.24) is 9.97 Å². The molecule has 0 unspecified atom stereocenters. The van der Waals surface area contributed by atoms with Gasteiger partial charge in [-0.25, -0.2) is 9.97 Å². The average molecular weight is 335 g/mol. The fraction of sp³-hybridized carbons (Fsp3) is 0.158. The number of hydrogen-bond donors (Lipinski definition) is 1. The molecule has 0 saturated carbocycles. The number of anilines is 2. The quantitative estimate of drug-likeness (QED) is 0.594. The highest BCUT2D eigenvalue weighted by Gasteiger charge is 2.15. The molecule has 0 spiro atoms. The van der Waals surface area contributed by atoms with Crippen LogP contribution in [0.15, 0.2) is 47.1 Å². The van der Waals surface area contributed by atoms with Gasteiger partial charge in [-0.15, -0.1) is 0 Å². The molecule has 0 aliphatic heterocycles. The molecule has 4 rings (SSSR count). The number of furan rings is 1. The summed E-state index contributed by atoms with van der Waals surface area (Å²) in [5.74, 6) is 1.93. The minimum absolute atomic E-state index is 0.608. The van der Waals surface area contributed by atoms with Crippen molar-refractivity contribution < 1.29 is 13.9 Å². The number of nitrogens with one attached hydrogen (secondary N) is 1. The molecule has 0 aliphatic rings. The number of benzene rings is 2. The Bertz CT molecular complexity index is 1070. The third-order valence-electron chi connectivity index (χ3n) is 4.14. The first-order valence-electron chi connectivity index (χ1n) is 7.83. The van der Waals surface area contributed by atoms with Gasteiger partial charge in [0.15, 0.2) is 22.9 Å². The molecule has 6 heteroatoms. The van der Waals surface area contributed by atoms with Crippen molar-refractivity contribution in [3.63, 3.8) is 0 Å². The van der Waals surface area contributed by atoms with Crippen LogP contribution in [0.5, 0.6) is 11.5 Å². The first-order valence-corrected chi connectivity index (χ1v) is 7.83. The molecular formula is C19H17N3O3. The number of aromatic nitrogens is 2. The Hall–Kier alpha value is -3.28. The van der Waals surface area contributed by atoms with Gasteiger partial charge in [0.2, 0.25) is 0 Å². The van der Waals surface area contributed by atoms with Gasteiger partial charge >= 0.3 is 0 Å². The molecule has 2 aromatic carbocycles. The minimum atomic E-state index is 0.608. The summed E-state index contributed by atoms with van der Waals surface area (Å²) in [6, 6.07) is 11.6. The molecule has 0 fully saturated rings. The molecule has 25 heavy (non-hydrogen) atoms. The number of rotatable bonds is 4. The van der Waals surface area contributed by atoms with Crippen LogP contribution in [-0.4, -0.2) is 24.2 Å². The summed E-state index contributed by atoms with van der Waals surface area (Å²) in [4.78, 5) is 8.71. The lowest BCUT2D eigenvalue weighted by Gasteiger charge is -2.13. The van der Waals surface area contributed by atoms with Crippen molar-refractivity contribution in [2.24, 2.45) is 0 Å². The van der Waals surface area contributed by atoms with Crippen LogP contribution < -0.4 is 14.8 Å². The van der Waals surface area contributed by atoms with Gasteiger partial charge in [0.25, 0.3) is 0 Å². The molecule has 2 aromatic heterocycles. The number of hydrogen-bond acceptors (Lipinski definition) is 6. The molecule has 0 saturated heterocycles. The van der Waals surface area contributed by atoms with Crippen molar-refractivity contribution in [3.8, 4) is 11.5 Å². The smallest absolute Gasteiger partial charge is 0.196 e. The summed E-state index contributed by atoms with van der Waals surface area (Å²) in [5, 5.41) is 4.29. The van der Waals surface area contributed by atoms with E-state index < -0.39 is 0 Å². The van der Waals surface area contributed by atoms with Crippen LogP contribution >= 0.6 is 0 Å². The highest BCUT2D eigenvalue weighted by Crippen LogP contribution is 2.36. The number of aryl methyl sites for hydroxylation is 1. The van der Waals surface area contributed by atoms with E-state index in [0.717, 1.165) is 27.7 Å². The number of para-hydroxylation sites is 1. The summed E-state index contributed by atoms with van der Waals surface area (Å²) in [7, 11) is 3.23. The maximum absolute atomic E-state index is 5.95. The van der Waals surface area contributed by atoms with Crippen LogP contribution in [-0.2, 0) is 0 Å². The van der Waals surface area contributed by atoms with Crippen LogP contribution in [0.2, 0.25) is 0 Å². The number of ether oxygens (including phenoxy) is 2. The van der Waals surface area contributed by atoms with E-state index in [2.05, 4.69) is 15.3 Å². The van der Waals surface area contributed by atoms with Gasteiger partial charge in [0, 0.05) is 17.1 Å². The predicted molar refractivity (Wildman–Crippen MR) is 96.9 cm³/mol. The Labute approximate surface area is 144 Å². The van der Waals surface area contributed by atoms with Crippen molar-refractivity contribution in [2.45, 2.75) is 6.92 Å². The van der Waals surface area contributed by atoms with E-state index in [4.69, 9.17) is 13.9 Å². The van der Waals surface area contributed by atoms with Crippen LogP contribution in [0.4, 0.5) is 11.5 Å². The zero-order chi connectivity index (χ0) is 17.4. The van der Waals surface area contributed by atoms with Crippen LogP contribution in [0, 0.1) is 6.92 Å². The SMILES string of the molecule is COc1cc(C)c(Nc2ncnc3c2oc2ccccc23)cc1OC. The van der Waals surface area contributed by atoms with E-state index >= 15 is 0 Å². The Morgan fingerprint density at radius 3 is 2.56 bits per heavy atom. The van der Waals surface area contributed by atoms with E-state index in [1.165, 1.54) is 6.33 Å². The highest BCUT2D eigenvalue weighted by atomic mass is 16.5. The second kappa shape index (κ2) is 5.98. The van der Waals surface area contributed by atoms with E-state index in [-0.39, 0.29) is 0 Å². The predicted octanol–water partition coefficient (Wildman–Crippen LogP) is 4.45. The van der Waals surface area contributed by atoms with Gasteiger partial charge in [-0.2, -0.15) is 0 Å². The summed E-state index contributed by atoms with van der Waals surface area (Å²) < 4.78 is 16.7. The van der Waals surface area contributed by atoms with Crippen LogP contribution in [0.1, 0.15) is 5.56 Å². The van der Waals surface area contributed by atoms with Crippen molar-refractivity contribution in [1.29, 1.82) is 0 Å². The Morgan fingerprint density at radius 2 is 1.76 bits per heavy atom. The van der Waals surface area contributed by atoms with E-state index in [1.54, 1.807) is 14.2 Å². The number of fused-ring (bicyclic) bond motifs is 3. The monoisotopic (exact) mass is 335 g/mol.